The minimum absolute atomic E-state index is 0.431. The van der Waals surface area contributed by atoms with E-state index in [1.54, 1.807) is 0 Å². The molecule has 0 unspecified atom stereocenters. The molecule has 0 amide bonds. The second-order valence-electron chi connectivity index (χ2n) is 4.05. The molecule has 92 valence electrons. The van der Waals surface area contributed by atoms with Gasteiger partial charge in [0.1, 0.15) is 4.88 Å². The summed E-state index contributed by atoms with van der Waals surface area (Å²) in [5.74, 6) is -0.846. The van der Waals surface area contributed by atoms with Crippen molar-refractivity contribution in [2.45, 2.75) is 40.0 Å². The maximum Gasteiger partial charge on any atom is 0.347 e. The van der Waals surface area contributed by atoms with Crippen LogP contribution in [0.15, 0.2) is 0 Å². The molecular weight excluding hydrogens is 236 g/mol. The van der Waals surface area contributed by atoms with Crippen molar-refractivity contribution < 1.29 is 9.90 Å². The quantitative estimate of drug-likeness (QED) is 0.910. The number of hydrogen-bond donors (Lipinski definition) is 1. The van der Waals surface area contributed by atoms with Gasteiger partial charge in [0.2, 0.25) is 0 Å². The SMILES string of the molecule is CCCc1c(C(=O)O)sc2nc(CC)c(C)n12. The number of aromatic nitrogens is 2. The standard InChI is InChI=1S/C12H16N2O2S/c1-4-6-9-10(11(15)16)17-12-13-8(5-2)7(3)14(9)12/h4-6H2,1-3H3,(H,15,16). The van der Waals surface area contributed by atoms with Crippen molar-refractivity contribution in [2.24, 2.45) is 0 Å². The lowest BCUT2D eigenvalue weighted by Gasteiger charge is -2.02. The van der Waals surface area contributed by atoms with E-state index in [-0.39, 0.29) is 0 Å². The number of fused-ring (bicyclic) bond motifs is 1. The van der Waals surface area contributed by atoms with Crippen molar-refractivity contribution in [1.29, 1.82) is 0 Å². The molecule has 0 bridgehead atoms. The zero-order valence-corrected chi connectivity index (χ0v) is 11.1. The Labute approximate surface area is 104 Å². The molecule has 1 N–H and O–H groups in total. The van der Waals surface area contributed by atoms with Crippen molar-refractivity contribution >= 4 is 22.3 Å². The third kappa shape index (κ3) is 1.84. The first-order valence-electron chi connectivity index (χ1n) is 5.83. The molecule has 2 rings (SSSR count). The van der Waals surface area contributed by atoms with Crippen LogP contribution in [0.3, 0.4) is 0 Å². The monoisotopic (exact) mass is 252 g/mol. The molecule has 0 atom stereocenters. The first-order valence-corrected chi connectivity index (χ1v) is 6.64. The van der Waals surface area contributed by atoms with Gasteiger partial charge in [-0.05, 0) is 19.8 Å². The van der Waals surface area contributed by atoms with E-state index in [2.05, 4.69) is 18.8 Å². The Morgan fingerprint density at radius 3 is 2.71 bits per heavy atom. The van der Waals surface area contributed by atoms with Crippen LogP contribution in [0.2, 0.25) is 0 Å². The summed E-state index contributed by atoms with van der Waals surface area (Å²) in [5.41, 5.74) is 3.03. The van der Waals surface area contributed by atoms with E-state index >= 15 is 0 Å². The largest absolute Gasteiger partial charge is 0.477 e. The van der Waals surface area contributed by atoms with Crippen molar-refractivity contribution in [3.05, 3.63) is 22.0 Å². The average Bonchev–Trinajstić information content (AvgIpc) is 2.78. The Hall–Kier alpha value is -1.36. The van der Waals surface area contributed by atoms with Gasteiger partial charge in [0.15, 0.2) is 4.96 Å². The summed E-state index contributed by atoms with van der Waals surface area (Å²) in [4.78, 5) is 16.9. The fraction of sp³-hybridized carbons (Fsp3) is 0.500. The highest BCUT2D eigenvalue weighted by molar-refractivity contribution is 7.19. The lowest BCUT2D eigenvalue weighted by atomic mass is 10.2. The van der Waals surface area contributed by atoms with Gasteiger partial charge >= 0.3 is 5.97 Å². The highest BCUT2D eigenvalue weighted by Gasteiger charge is 2.20. The molecule has 0 radical (unpaired) electrons. The van der Waals surface area contributed by atoms with Crippen LogP contribution in [-0.2, 0) is 12.8 Å². The third-order valence-corrected chi connectivity index (χ3v) is 3.99. The number of hydrogen-bond acceptors (Lipinski definition) is 3. The first-order chi connectivity index (χ1) is 8.10. The highest BCUT2D eigenvalue weighted by Crippen LogP contribution is 2.27. The summed E-state index contributed by atoms with van der Waals surface area (Å²) in [5, 5.41) is 9.20. The Morgan fingerprint density at radius 1 is 1.47 bits per heavy atom. The smallest absolute Gasteiger partial charge is 0.347 e. The summed E-state index contributed by atoms with van der Waals surface area (Å²) in [6.07, 6.45) is 2.60. The van der Waals surface area contributed by atoms with Gasteiger partial charge in [0.05, 0.1) is 5.69 Å². The van der Waals surface area contributed by atoms with Crippen LogP contribution in [-0.4, -0.2) is 20.5 Å². The predicted molar refractivity (Wildman–Crippen MR) is 68.1 cm³/mol. The number of carbonyl (C=O) groups is 1. The van der Waals surface area contributed by atoms with Crippen LogP contribution in [0.4, 0.5) is 0 Å². The van der Waals surface area contributed by atoms with E-state index in [1.807, 2.05) is 11.3 Å². The van der Waals surface area contributed by atoms with Gasteiger partial charge in [-0.25, -0.2) is 9.78 Å². The molecule has 2 aromatic heterocycles. The van der Waals surface area contributed by atoms with Crippen LogP contribution in [0.1, 0.15) is 47.0 Å². The second-order valence-corrected chi connectivity index (χ2v) is 5.03. The molecule has 0 saturated heterocycles. The van der Waals surface area contributed by atoms with E-state index in [9.17, 15) is 9.90 Å². The number of carboxylic acid groups (broad SMARTS) is 1. The number of thiazole rings is 1. The molecule has 0 saturated carbocycles. The molecular formula is C12H16N2O2S. The zero-order chi connectivity index (χ0) is 12.6. The minimum Gasteiger partial charge on any atom is -0.477 e. The molecule has 5 heteroatoms. The topological polar surface area (TPSA) is 54.6 Å². The van der Waals surface area contributed by atoms with Crippen molar-refractivity contribution in [3.8, 4) is 0 Å². The average molecular weight is 252 g/mol. The van der Waals surface area contributed by atoms with Gasteiger partial charge in [-0.1, -0.05) is 31.6 Å². The van der Waals surface area contributed by atoms with Gasteiger partial charge in [0.25, 0.3) is 0 Å². The molecule has 0 aliphatic heterocycles. The normalized spacial score (nSPS) is 11.2. The van der Waals surface area contributed by atoms with E-state index in [1.165, 1.54) is 11.3 Å². The van der Waals surface area contributed by atoms with Crippen molar-refractivity contribution in [2.75, 3.05) is 0 Å². The van der Waals surface area contributed by atoms with E-state index in [0.29, 0.717) is 4.88 Å². The van der Waals surface area contributed by atoms with Gasteiger partial charge in [-0.3, -0.25) is 4.40 Å². The minimum atomic E-state index is -0.846. The molecule has 17 heavy (non-hydrogen) atoms. The summed E-state index contributed by atoms with van der Waals surface area (Å²) in [6, 6.07) is 0. The Morgan fingerprint density at radius 2 is 2.18 bits per heavy atom. The van der Waals surface area contributed by atoms with E-state index in [0.717, 1.165) is 41.3 Å². The number of aromatic carboxylic acids is 1. The fourth-order valence-corrected chi connectivity index (χ4v) is 3.20. The molecule has 2 heterocycles. The van der Waals surface area contributed by atoms with Crippen LogP contribution in [0.5, 0.6) is 0 Å². The maximum atomic E-state index is 11.2. The van der Waals surface area contributed by atoms with Crippen LogP contribution < -0.4 is 0 Å². The molecule has 0 fully saturated rings. The first kappa shape index (κ1) is 12.1. The molecule has 0 aliphatic rings. The summed E-state index contributed by atoms with van der Waals surface area (Å²) >= 11 is 1.27. The van der Waals surface area contributed by atoms with Gasteiger partial charge < -0.3 is 5.11 Å². The predicted octanol–water partition coefficient (Wildman–Crippen LogP) is 2.92. The number of aryl methyl sites for hydroxylation is 3. The summed E-state index contributed by atoms with van der Waals surface area (Å²) < 4.78 is 2.01. The van der Waals surface area contributed by atoms with Crippen LogP contribution in [0.25, 0.3) is 4.96 Å². The molecule has 4 nitrogen and oxygen atoms in total. The number of rotatable bonds is 4. The summed E-state index contributed by atoms with van der Waals surface area (Å²) in [7, 11) is 0. The van der Waals surface area contributed by atoms with Gasteiger partial charge in [-0.2, -0.15) is 0 Å². The highest BCUT2D eigenvalue weighted by atomic mass is 32.1. The number of nitrogens with zero attached hydrogens (tertiary/aromatic N) is 2. The van der Waals surface area contributed by atoms with Gasteiger partial charge in [0, 0.05) is 11.4 Å². The Bertz CT molecular complexity index is 569. The van der Waals surface area contributed by atoms with Crippen LogP contribution >= 0.6 is 11.3 Å². The Balaban J connectivity index is 2.71. The number of carboxylic acids is 1. The lowest BCUT2D eigenvalue weighted by molar-refractivity contribution is 0.0700. The van der Waals surface area contributed by atoms with Crippen LogP contribution in [0, 0.1) is 6.92 Å². The zero-order valence-electron chi connectivity index (χ0n) is 10.3. The molecule has 0 spiro atoms. The van der Waals surface area contributed by atoms with Crippen molar-refractivity contribution in [3.63, 3.8) is 0 Å². The Kier molecular flexibility index (Phi) is 3.19. The van der Waals surface area contributed by atoms with Gasteiger partial charge in [-0.15, -0.1) is 0 Å². The van der Waals surface area contributed by atoms with E-state index < -0.39 is 5.97 Å². The van der Waals surface area contributed by atoms with E-state index in [4.69, 9.17) is 0 Å². The molecule has 2 aromatic rings. The fourth-order valence-electron chi connectivity index (χ4n) is 2.12. The molecule has 0 aliphatic carbocycles. The summed E-state index contributed by atoms with van der Waals surface area (Å²) in [6.45, 7) is 6.13. The van der Waals surface area contributed by atoms with Crippen molar-refractivity contribution in [1.82, 2.24) is 9.38 Å². The maximum absolute atomic E-state index is 11.2. The molecule has 0 aromatic carbocycles. The lowest BCUT2D eigenvalue weighted by Crippen LogP contribution is -2.02. The second kappa shape index (κ2) is 4.49. The third-order valence-electron chi connectivity index (χ3n) is 2.92. The number of imidazole rings is 1.